The quantitative estimate of drug-likeness (QED) is 0.101. The van der Waals surface area contributed by atoms with Crippen molar-refractivity contribution in [1.29, 1.82) is 0 Å². The minimum atomic E-state index is -1.95. The average molecular weight is 1170 g/mol. The summed E-state index contributed by atoms with van der Waals surface area (Å²) < 4.78 is 22.8. The second-order valence-corrected chi connectivity index (χ2v) is 37.0. The zero-order valence-corrected chi connectivity index (χ0v) is 50.3. The third-order valence-electron chi connectivity index (χ3n) is 14.3. The van der Waals surface area contributed by atoms with E-state index in [-0.39, 0.29) is 0 Å². The number of hydrogen-bond acceptors (Lipinski definition) is 3. The van der Waals surface area contributed by atoms with Crippen LogP contribution in [0.1, 0.15) is 0 Å². The van der Waals surface area contributed by atoms with Crippen LogP contribution < -0.4 is 40.1 Å². The molecule has 0 aliphatic heterocycles. The lowest BCUT2D eigenvalue weighted by atomic mass is 10.1. The Morgan fingerprint density at radius 2 is 0.622 bits per heavy atom. The molecule has 0 saturated heterocycles. The molecule has 2 aromatic heterocycles. The van der Waals surface area contributed by atoms with E-state index in [0.717, 1.165) is 26.2 Å². The van der Waals surface area contributed by atoms with Gasteiger partial charge in [0.15, 0.2) is 7.38 Å². The van der Waals surface area contributed by atoms with Crippen molar-refractivity contribution in [2.24, 2.45) is 0 Å². The molecule has 11 aromatic rings. The fourth-order valence-electron chi connectivity index (χ4n) is 9.82. The van der Waals surface area contributed by atoms with Gasteiger partial charge in [0.25, 0.3) is 0 Å². The number of nitrogens with zero attached hydrogens (tertiary/aromatic N) is 2. The summed E-state index contributed by atoms with van der Waals surface area (Å²) in [4.78, 5) is 0. The lowest BCUT2D eigenvalue weighted by molar-refractivity contribution is 0.415. The number of aromatic nitrogens is 2. The van der Waals surface area contributed by atoms with Crippen LogP contribution in [0.3, 0.4) is 0 Å². The van der Waals surface area contributed by atoms with Crippen LogP contribution in [0.25, 0.3) is 55.0 Å². The van der Waals surface area contributed by atoms with E-state index in [1.54, 1.807) is 21.3 Å². The van der Waals surface area contributed by atoms with E-state index in [4.69, 9.17) is 25.3 Å². The molecule has 0 fully saturated rings. The Morgan fingerprint density at radius 3 is 0.932 bits per heavy atom. The molecule has 74 heavy (non-hydrogen) atoms. The minimum absolute atomic E-state index is 0.883. The number of hydrogen-bond donors (Lipinski definition) is 0. The summed E-state index contributed by atoms with van der Waals surface area (Å²) in [5, 5.41) is 12.0. The average Bonchev–Trinajstić information content (AvgIpc) is 3.92. The van der Waals surface area contributed by atoms with Crippen molar-refractivity contribution >= 4 is 136 Å². The lowest BCUT2D eigenvalue weighted by Gasteiger charge is -2.24. The summed E-state index contributed by atoms with van der Waals surface area (Å²) in [6.07, 6.45) is 0. The third-order valence-corrected chi connectivity index (χ3v) is 24.7. The van der Waals surface area contributed by atoms with Crippen molar-refractivity contribution in [3.63, 3.8) is 0 Å². The van der Waals surface area contributed by atoms with Crippen molar-refractivity contribution in [3.05, 3.63) is 215 Å². The topological polar surface area (TPSA) is 37.6 Å². The van der Waals surface area contributed by atoms with E-state index in [9.17, 15) is 0 Å². The monoisotopic (exact) mass is 1170 g/mol. The Labute approximate surface area is 460 Å². The fraction of sp³-hybridized carbons (Fsp3) is 0.143. The van der Waals surface area contributed by atoms with Crippen LogP contribution in [0.4, 0.5) is 0 Å². The summed E-state index contributed by atoms with van der Waals surface area (Å²) >= 11 is 13.4. The molecule has 0 unspecified atom stereocenters. The zero-order chi connectivity index (χ0) is 52.4. The summed E-state index contributed by atoms with van der Waals surface area (Å²) in [5.41, 5.74) is 7.30. The highest BCUT2D eigenvalue weighted by molar-refractivity contribution is 9.10. The van der Waals surface area contributed by atoms with Crippen molar-refractivity contribution in [1.82, 2.24) is 9.13 Å². The first-order valence-electron chi connectivity index (χ1n) is 24.7. The molecule has 0 amide bonds. The first-order valence-corrected chi connectivity index (χ1v) is 36.3. The van der Waals surface area contributed by atoms with Crippen LogP contribution in [-0.2, 0) is 0 Å². The van der Waals surface area contributed by atoms with Gasteiger partial charge in [0.05, 0.1) is 43.4 Å². The van der Waals surface area contributed by atoms with Gasteiger partial charge in [-0.05, 0) is 114 Å². The van der Waals surface area contributed by atoms with Crippen molar-refractivity contribution < 1.29 is 14.2 Å². The second-order valence-electron chi connectivity index (χ2n) is 20.0. The molecule has 0 radical (unpaired) electrons. The molecule has 2 heterocycles. The highest BCUT2D eigenvalue weighted by Gasteiger charge is 2.30. The number of benzene rings is 9. The SMILES string of the molecule is Brc1ccc2c(c1)c1cc(Br)ccc1n2-c1ccccc1.COc1ccc([Si](C)(C)Cl)cc1.COc1ccc([Si](C)(C)c2ccc3c(c2)c2cc([Si](C)(C)c4ccc(OC)cc4)ccc2n3-c2ccccc2)cc1. The molecular formula is C63H61Br2ClN2O3Si3. The summed E-state index contributed by atoms with van der Waals surface area (Å²) in [7, 11) is -0.432. The molecule has 5 nitrogen and oxygen atoms in total. The number of halogens is 3. The fourth-order valence-corrected chi connectivity index (χ4v) is 16.6. The van der Waals surface area contributed by atoms with Crippen LogP contribution in [0.2, 0.25) is 39.3 Å². The largest absolute Gasteiger partial charge is 0.497 e. The van der Waals surface area contributed by atoms with E-state index in [0.29, 0.717) is 0 Å². The molecule has 0 saturated carbocycles. The van der Waals surface area contributed by atoms with Gasteiger partial charge in [-0.1, -0.05) is 189 Å². The maximum absolute atomic E-state index is 6.25. The molecule has 11 heteroatoms. The van der Waals surface area contributed by atoms with Gasteiger partial charge < -0.3 is 23.3 Å². The van der Waals surface area contributed by atoms with Crippen LogP contribution >= 0.6 is 42.9 Å². The van der Waals surface area contributed by atoms with Gasteiger partial charge in [-0.3, -0.25) is 0 Å². The molecule has 0 atom stereocenters. The molecule has 11 rings (SSSR count). The van der Waals surface area contributed by atoms with Gasteiger partial charge in [-0.2, -0.15) is 11.1 Å². The predicted molar refractivity (Wildman–Crippen MR) is 332 cm³/mol. The first-order chi connectivity index (χ1) is 35.5. The van der Waals surface area contributed by atoms with Gasteiger partial charge in [0.1, 0.15) is 33.4 Å². The maximum Gasteiger partial charge on any atom is 0.180 e. The molecule has 0 aliphatic rings. The van der Waals surface area contributed by atoms with Gasteiger partial charge in [0.2, 0.25) is 0 Å². The zero-order valence-electron chi connectivity index (χ0n) is 43.4. The van der Waals surface area contributed by atoms with Gasteiger partial charge in [-0.25, -0.2) is 0 Å². The standard InChI is InChI=1S/C36H37NO2Si2.C18H11Br2N.C9H13ClOSi/c1-38-27-12-16-29(17-13-27)40(3,4)31-20-22-35-33(24-31)34-25-32(41(5,6)30-18-14-28(39-2)15-19-30)21-23-36(34)37(35)26-10-8-7-9-11-26;19-12-6-8-17-15(10-12)16-11-13(20)7-9-18(16)21(17)14-4-2-1-3-5-14;1-11-8-4-6-9(7-5-8)12(2,3)10/h7-25H,1-6H3;1-11H;4-7H,1-3H3. The smallest absolute Gasteiger partial charge is 0.180 e. The van der Waals surface area contributed by atoms with Crippen molar-refractivity contribution in [3.8, 4) is 28.6 Å². The summed E-state index contributed by atoms with van der Waals surface area (Å²) in [6.45, 7) is 14.0. The minimum Gasteiger partial charge on any atom is -0.497 e. The Balaban J connectivity index is 0.000000167. The van der Waals surface area contributed by atoms with Crippen LogP contribution in [0.15, 0.2) is 215 Å². The molecule has 0 aliphatic carbocycles. The summed E-state index contributed by atoms with van der Waals surface area (Å²) in [5.74, 6) is 2.68. The van der Waals surface area contributed by atoms with Crippen LogP contribution in [0, 0.1) is 0 Å². The highest BCUT2D eigenvalue weighted by atomic mass is 79.9. The second kappa shape index (κ2) is 22.0. The third kappa shape index (κ3) is 10.8. The number of ether oxygens (including phenoxy) is 3. The summed E-state index contributed by atoms with van der Waals surface area (Å²) in [6, 6.07) is 73.7. The highest BCUT2D eigenvalue weighted by Crippen LogP contribution is 2.36. The molecule has 374 valence electrons. The molecule has 0 N–H and O–H groups in total. The number of fused-ring (bicyclic) bond motifs is 6. The van der Waals surface area contributed by atoms with E-state index >= 15 is 0 Å². The van der Waals surface area contributed by atoms with Crippen molar-refractivity contribution in [2.45, 2.75) is 39.3 Å². The van der Waals surface area contributed by atoms with Gasteiger partial charge in [-0.15, -0.1) is 0 Å². The van der Waals surface area contributed by atoms with Gasteiger partial charge >= 0.3 is 0 Å². The van der Waals surface area contributed by atoms with Crippen LogP contribution in [0.5, 0.6) is 17.2 Å². The Morgan fingerprint density at radius 1 is 0.338 bits per heavy atom. The molecule has 0 spiro atoms. The number of rotatable bonds is 10. The van der Waals surface area contributed by atoms with Crippen molar-refractivity contribution in [2.75, 3.05) is 21.3 Å². The number of para-hydroxylation sites is 2. The predicted octanol–water partition coefficient (Wildman–Crippen LogP) is 15.1. The Hall–Kier alpha value is -6.12. The normalized spacial score (nSPS) is 11.8. The Kier molecular flexibility index (Phi) is 15.7. The Bertz CT molecular complexity index is 3550. The lowest BCUT2D eigenvalue weighted by Crippen LogP contribution is -2.52. The molecule has 9 aromatic carbocycles. The maximum atomic E-state index is 6.25. The molecular weight excluding hydrogens is 1110 g/mol. The molecule has 0 bridgehead atoms. The van der Waals surface area contributed by atoms with E-state index in [1.807, 2.05) is 30.3 Å². The van der Waals surface area contributed by atoms with Gasteiger partial charge in [0, 0.05) is 41.9 Å². The number of methoxy groups -OCH3 is 3. The van der Waals surface area contributed by atoms with Crippen LogP contribution in [-0.4, -0.2) is 54.0 Å². The first kappa shape index (κ1) is 52.7. The van der Waals surface area contributed by atoms with E-state index in [1.165, 1.54) is 80.9 Å². The van der Waals surface area contributed by atoms with E-state index in [2.05, 4.69) is 256 Å². The van der Waals surface area contributed by atoms with E-state index < -0.39 is 23.5 Å².